The Morgan fingerprint density at radius 2 is 0.553 bits per heavy atom. The molecule has 0 aliphatic rings. The first-order chi connectivity index (χ1) is 18.6. The van der Waals surface area contributed by atoms with Crippen molar-refractivity contribution in [1.82, 2.24) is 0 Å². The van der Waals surface area contributed by atoms with Crippen molar-refractivity contribution in [3.05, 3.63) is 109 Å². The molecule has 0 amide bonds. The van der Waals surface area contributed by atoms with Crippen LogP contribution in [0.15, 0.2) is 109 Å². The third-order valence-electron chi connectivity index (χ3n) is 6.68. The SMILES string of the molecule is COc1cccc(-c2cc(-c3cccc(OC)c3)c(-c3cccc(OC)c3)cc2-c2cccc(OC)c2)c1. The molecule has 4 nitrogen and oxygen atoms in total. The number of benzene rings is 5. The van der Waals surface area contributed by atoms with Crippen LogP contribution in [0.3, 0.4) is 0 Å². The molecular formula is C34H30O4. The first kappa shape index (κ1) is 25.0. The van der Waals surface area contributed by atoms with Crippen molar-refractivity contribution in [2.24, 2.45) is 0 Å². The van der Waals surface area contributed by atoms with Gasteiger partial charge >= 0.3 is 0 Å². The van der Waals surface area contributed by atoms with E-state index in [-0.39, 0.29) is 0 Å². The zero-order valence-electron chi connectivity index (χ0n) is 22.0. The van der Waals surface area contributed by atoms with Crippen molar-refractivity contribution >= 4 is 0 Å². The van der Waals surface area contributed by atoms with E-state index in [2.05, 4.69) is 60.7 Å². The van der Waals surface area contributed by atoms with Crippen LogP contribution < -0.4 is 18.9 Å². The van der Waals surface area contributed by atoms with Gasteiger partial charge in [0.1, 0.15) is 23.0 Å². The molecule has 0 heterocycles. The van der Waals surface area contributed by atoms with Crippen LogP contribution in [-0.4, -0.2) is 28.4 Å². The standard InChI is InChI=1S/C34H30O4/c1-35-27-13-5-9-23(17-27)31-21-33(25-11-7-15-29(19-25)37-3)34(26-12-8-16-30(20-26)38-4)22-32(31)24-10-6-14-28(18-24)36-2/h5-22H,1-4H3. The molecule has 5 rings (SSSR count). The summed E-state index contributed by atoms with van der Waals surface area (Å²) in [6, 6.07) is 37.2. The van der Waals surface area contributed by atoms with Gasteiger partial charge in [-0.2, -0.15) is 0 Å². The minimum Gasteiger partial charge on any atom is -0.497 e. The third kappa shape index (κ3) is 5.07. The molecule has 0 atom stereocenters. The summed E-state index contributed by atoms with van der Waals surface area (Å²) in [5.41, 5.74) is 8.57. The second kappa shape index (κ2) is 11.1. The zero-order chi connectivity index (χ0) is 26.5. The molecule has 38 heavy (non-hydrogen) atoms. The Labute approximate surface area is 224 Å². The first-order valence-corrected chi connectivity index (χ1v) is 12.4. The summed E-state index contributed by atoms with van der Waals surface area (Å²) in [5, 5.41) is 0. The molecule has 0 radical (unpaired) electrons. The molecule has 0 bridgehead atoms. The van der Waals surface area contributed by atoms with Crippen LogP contribution in [0.4, 0.5) is 0 Å². The van der Waals surface area contributed by atoms with E-state index in [1.807, 2.05) is 48.5 Å². The van der Waals surface area contributed by atoms with E-state index in [1.165, 1.54) is 0 Å². The summed E-state index contributed by atoms with van der Waals surface area (Å²) in [7, 11) is 6.76. The maximum absolute atomic E-state index is 5.57. The van der Waals surface area contributed by atoms with E-state index in [9.17, 15) is 0 Å². The molecule has 0 fully saturated rings. The highest BCUT2D eigenvalue weighted by Gasteiger charge is 2.17. The number of hydrogen-bond donors (Lipinski definition) is 0. The lowest BCUT2D eigenvalue weighted by Gasteiger charge is -2.19. The Balaban J connectivity index is 1.86. The number of hydrogen-bond acceptors (Lipinski definition) is 4. The fraction of sp³-hybridized carbons (Fsp3) is 0.118. The van der Waals surface area contributed by atoms with Gasteiger partial charge in [0.05, 0.1) is 28.4 Å². The molecule has 0 aliphatic carbocycles. The van der Waals surface area contributed by atoms with Crippen LogP contribution in [-0.2, 0) is 0 Å². The summed E-state index contributed by atoms with van der Waals surface area (Å²) in [4.78, 5) is 0. The molecule has 4 heteroatoms. The quantitative estimate of drug-likeness (QED) is 0.213. The van der Waals surface area contributed by atoms with Gasteiger partial charge in [-0.15, -0.1) is 0 Å². The zero-order valence-corrected chi connectivity index (χ0v) is 22.0. The Hall–Kier alpha value is -4.70. The van der Waals surface area contributed by atoms with Crippen LogP contribution >= 0.6 is 0 Å². The monoisotopic (exact) mass is 502 g/mol. The highest BCUT2D eigenvalue weighted by molar-refractivity contribution is 5.95. The average Bonchev–Trinajstić information content (AvgIpc) is 3.00. The van der Waals surface area contributed by atoms with Crippen LogP contribution in [0, 0.1) is 0 Å². The molecule has 5 aromatic rings. The van der Waals surface area contributed by atoms with Crippen molar-refractivity contribution in [3.8, 4) is 67.5 Å². The molecule has 190 valence electrons. The summed E-state index contributed by atoms with van der Waals surface area (Å²) in [6.45, 7) is 0. The summed E-state index contributed by atoms with van der Waals surface area (Å²) in [6.07, 6.45) is 0. The molecular weight excluding hydrogens is 472 g/mol. The van der Waals surface area contributed by atoms with Gasteiger partial charge in [-0.3, -0.25) is 0 Å². The number of methoxy groups -OCH3 is 4. The average molecular weight is 503 g/mol. The first-order valence-electron chi connectivity index (χ1n) is 12.4. The molecule has 0 saturated heterocycles. The van der Waals surface area contributed by atoms with Crippen LogP contribution in [0.2, 0.25) is 0 Å². The van der Waals surface area contributed by atoms with Crippen LogP contribution in [0.5, 0.6) is 23.0 Å². The minimum atomic E-state index is 0.805. The van der Waals surface area contributed by atoms with E-state index in [1.54, 1.807) is 28.4 Å². The van der Waals surface area contributed by atoms with E-state index >= 15 is 0 Å². The van der Waals surface area contributed by atoms with Gasteiger partial charge in [-0.25, -0.2) is 0 Å². The van der Waals surface area contributed by atoms with Gasteiger partial charge in [0.2, 0.25) is 0 Å². The van der Waals surface area contributed by atoms with Crippen LogP contribution in [0.1, 0.15) is 0 Å². The maximum Gasteiger partial charge on any atom is 0.119 e. The van der Waals surface area contributed by atoms with Crippen molar-refractivity contribution in [2.45, 2.75) is 0 Å². The number of ether oxygens (including phenoxy) is 4. The summed E-state index contributed by atoms with van der Waals surface area (Å²) < 4.78 is 22.3. The van der Waals surface area contributed by atoms with E-state index in [0.29, 0.717) is 0 Å². The Kier molecular flexibility index (Phi) is 7.32. The molecule has 0 unspecified atom stereocenters. The predicted octanol–water partition coefficient (Wildman–Crippen LogP) is 8.39. The molecule has 0 spiro atoms. The highest BCUT2D eigenvalue weighted by atomic mass is 16.5. The largest absolute Gasteiger partial charge is 0.497 e. The van der Waals surface area contributed by atoms with Crippen molar-refractivity contribution in [1.29, 1.82) is 0 Å². The Morgan fingerprint density at radius 3 is 0.763 bits per heavy atom. The minimum absolute atomic E-state index is 0.805. The highest BCUT2D eigenvalue weighted by Crippen LogP contribution is 2.44. The summed E-state index contributed by atoms with van der Waals surface area (Å²) in [5.74, 6) is 3.22. The van der Waals surface area contributed by atoms with Gasteiger partial charge < -0.3 is 18.9 Å². The fourth-order valence-electron chi connectivity index (χ4n) is 4.72. The van der Waals surface area contributed by atoms with E-state index in [0.717, 1.165) is 67.5 Å². The maximum atomic E-state index is 5.57. The lowest BCUT2D eigenvalue weighted by atomic mass is 9.85. The third-order valence-corrected chi connectivity index (χ3v) is 6.68. The molecule has 5 aromatic carbocycles. The fourth-order valence-corrected chi connectivity index (χ4v) is 4.72. The van der Waals surface area contributed by atoms with E-state index < -0.39 is 0 Å². The van der Waals surface area contributed by atoms with Gasteiger partial charge in [-0.05, 0) is 105 Å². The van der Waals surface area contributed by atoms with Crippen molar-refractivity contribution in [3.63, 3.8) is 0 Å². The van der Waals surface area contributed by atoms with Gasteiger partial charge in [0.25, 0.3) is 0 Å². The smallest absolute Gasteiger partial charge is 0.119 e. The Bertz CT molecular complexity index is 1340. The molecule has 0 aliphatic heterocycles. The lowest BCUT2D eigenvalue weighted by molar-refractivity contribution is 0.415. The Morgan fingerprint density at radius 1 is 0.316 bits per heavy atom. The number of rotatable bonds is 8. The topological polar surface area (TPSA) is 36.9 Å². The van der Waals surface area contributed by atoms with Crippen molar-refractivity contribution in [2.75, 3.05) is 28.4 Å². The molecule has 0 saturated carbocycles. The second-order valence-electron chi connectivity index (χ2n) is 8.87. The van der Waals surface area contributed by atoms with Crippen LogP contribution in [0.25, 0.3) is 44.5 Å². The summed E-state index contributed by atoms with van der Waals surface area (Å²) >= 11 is 0. The lowest BCUT2D eigenvalue weighted by Crippen LogP contribution is -1.94. The van der Waals surface area contributed by atoms with Gasteiger partial charge in [-0.1, -0.05) is 48.5 Å². The van der Waals surface area contributed by atoms with Gasteiger partial charge in [0, 0.05) is 0 Å². The molecule has 0 aromatic heterocycles. The van der Waals surface area contributed by atoms with Crippen molar-refractivity contribution < 1.29 is 18.9 Å². The normalized spacial score (nSPS) is 10.6. The van der Waals surface area contributed by atoms with Gasteiger partial charge in [0.15, 0.2) is 0 Å². The van der Waals surface area contributed by atoms with E-state index in [4.69, 9.17) is 18.9 Å². The second-order valence-corrected chi connectivity index (χ2v) is 8.87. The predicted molar refractivity (Wildman–Crippen MR) is 154 cm³/mol. The molecule has 0 N–H and O–H groups in total.